The zero-order valence-corrected chi connectivity index (χ0v) is 19.9. The van der Waals surface area contributed by atoms with Crippen molar-refractivity contribution in [3.63, 3.8) is 0 Å². The Hall–Kier alpha value is -0.840. The average molecular weight is 554 g/mol. The highest BCUT2D eigenvalue weighted by atomic mass is 127. The molecule has 0 radical (unpaired) electrons. The van der Waals surface area contributed by atoms with Crippen LogP contribution in [0.1, 0.15) is 16.0 Å². The summed E-state index contributed by atoms with van der Waals surface area (Å²) in [6, 6.07) is 8.31. The molecule has 0 saturated heterocycles. The fraction of sp³-hybridized carbons (Fsp3) is 0.389. The number of nitrogens with zero attached hydrogens (tertiary/aromatic N) is 1. The minimum Gasteiger partial charge on any atom is -0.491 e. The summed E-state index contributed by atoms with van der Waals surface area (Å²) in [4.78, 5) is 5.52. The number of benzene rings is 1. The number of aliphatic imine (C=N–C) groups is 1. The maximum absolute atomic E-state index is 5.83. The number of rotatable bonds is 8. The van der Waals surface area contributed by atoms with Gasteiger partial charge < -0.3 is 20.1 Å². The van der Waals surface area contributed by atoms with Crippen molar-refractivity contribution in [1.29, 1.82) is 0 Å². The van der Waals surface area contributed by atoms with Gasteiger partial charge in [-0.3, -0.25) is 4.99 Å². The minimum atomic E-state index is 0. The summed E-state index contributed by atoms with van der Waals surface area (Å²) in [6.07, 6.45) is 0. The summed E-state index contributed by atoms with van der Waals surface area (Å²) in [7, 11) is 3.44. The molecule has 0 unspecified atom stereocenters. The van der Waals surface area contributed by atoms with Crippen LogP contribution in [-0.4, -0.2) is 33.3 Å². The van der Waals surface area contributed by atoms with Gasteiger partial charge >= 0.3 is 0 Å². The van der Waals surface area contributed by atoms with E-state index in [0.29, 0.717) is 19.8 Å². The predicted molar refractivity (Wildman–Crippen MR) is 123 cm³/mol. The molecule has 0 amide bonds. The van der Waals surface area contributed by atoms with Crippen molar-refractivity contribution in [1.82, 2.24) is 10.6 Å². The number of nitrogens with one attached hydrogen (secondary N) is 2. The zero-order valence-electron chi connectivity index (χ0n) is 15.2. The molecular formula is C18H25BrIN3O2S. The van der Waals surface area contributed by atoms with Crippen molar-refractivity contribution in [2.24, 2.45) is 4.99 Å². The van der Waals surface area contributed by atoms with Gasteiger partial charge in [0.05, 0.1) is 13.2 Å². The first-order chi connectivity index (χ1) is 12.1. The van der Waals surface area contributed by atoms with Crippen LogP contribution in [0, 0.1) is 6.92 Å². The quantitative estimate of drug-likeness (QED) is 0.221. The second-order valence-electron chi connectivity index (χ2n) is 5.46. The van der Waals surface area contributed by atoms with Crippen LogP contribution in [0.2, 0.25) is 0 Å². The molecule has 1 aromatic heterocycles. The van der Waals surface area contributed by atoms with Crippen molar-refractivity contribution in [3.8, 4) is 5.75 Å². The zero-order chi connectivity index (χ0) is 18.1. The summed E-state index contributed by atoms with van der Waals surface area (Å²) in [5, 5.41) is 8.73. The largest absolute Gasteiger partial charge is 0.491 e. The molecular weight excluding hydrogens is 529 g/mol. The lowest BCUT2D eigenvalue weighted by molar-refractivity contribution is 0.145. The normalized spacial score (nSPS) is 11.0. The van der Waals surface area contributed by atoms with Crippen LogP contribution in [0.4, 0.5) is 0 Å². The molecule has 1 heterocycles. The molecule has 144 valence electrons. The molecule has 0 spiro atoms. The third kappa shape index (κ3) is 7.81. The fourth-order valence-electron chi connectivity index (χ4n) is 2.19. The van der Waals surface area contributed by atoms with E-state index in [4.69, 9.17) is 9.47 Å². The first-order valence-electron chi connectivity index (χ1n) is 8.01. The van der Waals surface area contributed by atoms with Gasteiger partial charge in [0.25, 0.3) is 0 Å². The van der Waals surface area contributed by atoms with Crippen LogP contribution in [0.15, 0.2) is 39.1 Å². The number of methoxy groups -OCH3 is 1. The standard InChI is InChI=1S/C18H24BrN3O2S.HI/c1-13-4-5-14(17(8-13)24-7-6-23-3)10-21-18(20-2)22-11-16-9-15(19)12-25-16;/h4-5,8-9,12H,6-7,10-11H2,1-3H3,(H2,20,21,22);1H. The van der Waals surface area contributed by atoms with E-state index in [-0.39, 0.29) is 24.0 Å². The lowest BCUT2D eigenvalue weighted by atomic mass is 10.1. The molecule has 2 N–H and O–H groups in total. The number of hydrogen-bond acceptors (Lipinski definition) is 4. The van der Waals surface area contributed by atoms with Gasteiger partial charge in [-0.1, -0.05) is 12.1 Å². The van der Waals surface area contributed by atoms with Gasteiger partial charge in [0.1, 0.15) is 12.4 Å². The average Bonchev–Trinajstić information content (AvgIpc) is 3.02. The van der Waals surface area contributed by atoms with Crippen LogP contribution >= 0.6 is 51.2 Å². The van der Waals surface area contributed by atoms with E-state index < -0.39 is 0 Å². The monoisotopic (exact) mass is 553 g/mol. The van der Waals surface area contributed by atoms with Crippen molar-refractivity contribution < 1.29 is 9.47 Å². The summed E-state index contributed by atoms with van der Waals surface area (Å²) in [6.45, 7) is 4.53. The molecule has 0 aliphatic rings. The van der Waals surface area contributed by atoms with E-state index in [1.807, 2.05) is 6.07 Å². The Balaban J connectivity index is 0.00000338. The molecule has 0 bridgehead atoms. The molecule has 26 heavy (non-hydrogen) atoms. The molecule has 5 nitrogen and oxygen atoms in total. The minimum absolute atomic E-state index is 0. The SMILES string of the molecule is CN=C(NCc1cc(Br)cs1)NCc1ccc(C)cc1OCCOC.I. The summed E-state index contributed by atoms with van der Waals surface area (Å²) in [5.74, 6) is 1.63. The van der Waals surface area contributed by atoms with E-state index in [1.54, 1.807) is 25.5 Å². The Bertz CT molecular complexity index is 709. The number of aryl methyl sites for hydroxylation is 1. The molecule has 2 rings (SSSR count). The van der Waals surface area contributed by atoms with E-state index >= 15 is 0 Å². The molecule has 0 fully saturated rings. The first kappa shape index (κ1) is 23.2. The maximum Gasteiger partial charge on any atom is 0.191 e. The maximum atomic E-state index is 5.83. The molecule has 1 aromatic carbocycles. The van der Waals surface area contributed by atoms with E-state index in [0.717, 1.165) is 28.3 Å². The molecule has 0 aliphatic heterocycles. The Labute approximate surface area is 184 Å². The van der Waals surface area contributed by atoms with Crippen LogP contribution in [0.25, 0.3) is 0 Å². The van der Waals surface area contributed by atoms with Crippen molar-refractivity contribution in [2.45, 2.75) is 20.0 Å². The van der Waals surface area contributed by atoms with Gasteiger partial charge in [-0.05, 0) is 40.5 Å². The van der Waals surface area contributed by atoms with Gasteiger partial charge in [-0.25, -0.2) is 0 Å². The van der Waals surface area contributed by atoms with Crippen molar-refractivity contribution in [3.05, 3.63) is 50.1 Å². The lowest BCUT2D eigenvalue weighted by Crippen LogP contribution is -2.36. The van der Waals surface area contributed by atoms with Crippen LogP contribution in [0.5, 0.6) is 5.75 Å². The molecule has 2 aromatic rings. The Morgan fingerprint density at radius 2 is 1.96 bits per heavy atom. The predicted octanol–water partition coefficient (Wildman–Crippen LogP) is 4.33. The van der Waals surface area contributed by atoms with E-state index in [1.165, 1.54) is 10.4 Å². The third-order valence-electron chi connectivity index (χ3n) is 3.49. The summed E-state index contributed by atoms with van der Waals surface area (Å²) < 4.78 is 12.0. The Kier molecular flexibility index (Phi) is 11.2. The van der Waals surface area contributed by atoms with Gasteiger partial charge in [0.2, 0.25) is 0 Å². The Morgan fingerprint density at radius 1 is 1.19 bits per heavy atom. The first-order valence-corrected chi connectivity index (χ1v) is 9.68. The smallest absolute Gasteiger partial charge is 0.191 e. The summed E-state index contributed by atoms with van der Waals surface area (Å²) >= 11 is 5.18. The van der Waals surface area contributed by atoms with Gasteiger partial charge in [0, 0.05) is 41.0 Å². The highest BCUT2D eigenvalue weighted by Crippen LogP contribution is 2.21. The van der Waals surface area contributed by atoms with Gasteiger partial charge in [-0.15, -0.1) is 35.3 Å². The molecule has 0 saturated carbocycles. The van der Waals surface area contributed by atoms with Crippen LogP contribution in [-0.2, 0) is 17.8 Å². The number of hydrogen-bond donors (Lipinski definition) is 2. The lowest BCUT2D eigenvalue weighted by Gasteiger charge is -2.15. The van der Waals surface area contributed by atoms with E-state index in [2.05, 4.69) is 62.1 Å². The van der Waals surface area contributed by atoms with Crippen LogP contribution < -0.4 is 15.4 Å². The van der Waals surface area contributed by atoms with Gasteiger partial charge in [0.15, 0.2) is 5.96 Å². The number of halogens is 2. The van der Waals surface area contributed by atoms with E-state index in [9.17, 15) is 0 Å². The number of guanidine groups is 1. The Morgan fingerprint density at radius 3 is 2.62 bits per heavy atom. The second-order valence-corrected chi connectivity index (χ2v) is 7.37. The molecule has 0 atom stereocenters. The van der Waals surface area contributed by atoms with Crippen molar-refractivity contribution in [2.75, 3.05) is 27.4 Å². The highest BCUT2D eigenvalue weighted by Gasteiger charge is 2.06. The number of thiophene rings is 1. The fourth-order valence-corrected chi connectivity index (χ4v) is 3.58. The summed E-state index contributed by atoms with van der Waals surface area (Å²) in [5.41, 5.74) is 2.26. The molecule has 0 aliphatic carbocycles. The van der Waals surface area contributed by atoms with Gasteiger partial charge in [-0.2, -0.15) is 0 Å². The second kappa shape index (κ2) is 12.5. The van der Waals surface area contributed by atoms with Crippen LogP contribution in [0.3, 0.4) is 0 Å². The molecule has 8 heteroatoms. The highest BCUT2D eigenvalue weighted by molar-refractivity contribution is 14.0. The number of ether oxygens (including phenoxy) is 2. The third-order valence-corrected chi connectivity index (χ3v) is 5.19. The topological polar surface area (TPSA) is 54.9 Å². The van der Waals surface area contributed by atoms with Crippen molar-refractivity contribution >= 4 is 57.2 Å².